The molecule has 4 heteroatoms. The summed E-state index contributed by atoms with van der Waals surface area (Å²) in [5.41, 5.74) is 0.911. The molecule has 1 unspecified atom stereocenters. The summed E-state index contributed by atoms with van der Waals surface area (Å²) in [5, 5.41) is 3.30. The van der Waals surface area contributed by atoms with Crippen molar-refractivity contribution in [3.8, 4) is 0 Å². The van der Waals surface area contributed by atoms with Crippen LogP contribution in [0.3, 0.4) is 0 Å². The lowest BCUT2D eigenvalue weighted by atomic mass is 10.2. The van der Waals surface area contributed by atoms with Crippen LogP contribution in [0.4, 0.5) is 10.1 Å². The molecule has 0 amide bonds. The summed E-state index contributed by atoms with van der Waals surface area (Å²) in [6.07, 6.45) is 0. The van der Waals surface area contributed by atoms with E-state index >= 15 is 0 Å². The number of hydrogen-bond donors (Lipinski definition) is 1. The van der Waals surface area contributed by atoms with Gasteiger partial charge < -0.3 is 9.73 Å². The molecule has 1 aromatic heterocycles. The maximum absolute atomic E-state index is 13.0. The van der Waals surface area contributed by atoms with Crippen LogP contribution in [0.5, 0.6) is 0 Å². The van der Waals surface area contributed by atoms with Crippen molar-refractivity contribution in [3.63, 3.8) is 0 Å². The van der Waals surface area contributed by atoms with Crippen LogP contribution in [-0.2, 0) is 0 Å². The maximum atomic E-state index is 13.0. The number of anilines is 1. The van der Waals surface area contributed by atoms with Gasteiger partial charge in [0.15, 0.2) is 0 Å². The minimum atomic E-state index is -0.221. The van der Waals surface area contributed by atoms with E-state index in [9.17, 15) is 4.39 Å². The molecular weight excluding hydrogens is 332 g/mol. The molecule has 0 radical (unpaired) electrons. The Morgan fingerprint density at radius 1 is 1.29 bits per heavy atom. The van der Waals surface area contributed by atoms with E-state index in [2.05, 4.69) is 27.9 Å². The summed E-state index contributed by atoms with van der Waals surface area (Å²) < 4.78 is 19.4. The molecule has 90 valence electrons. The molecular formula is C13H13FINO. The molecule has 1 atom stereocenters. The van der Waals surface area contributed by atoms with Crippen molar-refractivity contribution in [3.05, 3.63) is 51.2 Å². The zero-order valence-corrected chi connectivity index (χ0v) is 11.8. The molecule has 0 bridgehead atoms. The summed E-state index contributed by atoms with van der Waals surface area (Å²) in [6, 6.07) is 8.63. The van der Waals surface area contributed by atoms with Crippen molar-refractivity contribution in [2.24, 2.45) is 0 Å². The molecule has 0 aliphatic rings. The highest BCUT2D eigenvalue weighted by Crippen LogP contribution is 2.25. The van der Waals surface area contributed by atoms with Crippen LogP contribution in [-0.4, -0.2) is 0 Å². The fourth-order valence-corrected chi connectivity index (χ4v) is 2.23. The highest BCUT2D eigenvalue weighted by Gasteiger charge is 2.11. The van der Waals surface area contributed by atoms with Gasteiger partial charge in [-0.1, -0.05) is 0 Å². The molecule has 1 aromatic carbocycles. The number of rotatable bonds is 3. The Kier molecular flexibility index (Phi) is 3.71. The van der Waals surface area contributed by atoms with Crippen LogP contribution in [0.15, 0.2) is 34.7 Å². The monoisotopic (exact) mass is 345 g/mol. The van der Waals surface area contributed by atoms with Crippen LogP contribution >= 0.6 is 22.6 Å². The average Bonchev–Trinajstić information content (AvgIpc) is 2.69. The van der Waals surface area contributed by atoms with Gasteiger partial charge in [-0.05, 0) is 66.8 Å². The van der Waals surface area contributed by atoms with E-state index in [0.717, 1.165) is 20.8 Å². The molecule has 0 aliphatic heterocycles. The van der Waals surface area contributed by atoms with Crippen LogP contribution in [0, 0.1) is 16.3 Å². The van der Waals surface area contributed by atoms with Gasteiger partial charge in [-0.15, -0.1) is 0 Å². The van der Waals surface area contributed by atoms with Gasteiger partial charge in [0, 0.05) is 9.26 Å². The van der Waals surface area contributed by atoms with Crippen molar-refractivity contribution in [2.75, 3.05) is 5.32 Å². The third-order valence-electron chi connectivity index (χ3n) is 2.49. The first-order valence-corrected chi connectivity index (χ1v) is 6.42. The smallest absolute Gasteiger partial charge is 0.126 e. The van der Waals surface area contributed by atoms with Gasteiger partial charge in [-0.25, -0.2) is 4.39 Å². The van der Waals surface area contributed by atoms with E-state index in [1.54, 1.807) is 6.07 Å². The molecule has 2 nitrogen and oxygen atoms in total. The lowest BCUT2D eigenvalue weighted by Gasteiger charge is -2.14. The first-order valence-electron chi connectivity index (χ1n) is 5.34. The van der Waals surface area contributed by atoms with Crippen molar-refractivity contribution in [1.29, 1.82) is 0 Å². The van der Waals surface area contributed by atoms with Crippen LogP contribution < -0.4 is 5.32 Å². The number of benzene rings is 1. The summed E-state index contributed by atoms with van der Waals surface area (Å²) >= 11 is 2.11. The Labute approximate surface area is 113 Å². The van der Waals surface area contributed by atoms with Crippen molar-refractivity contribution in [2.45, 2.75) is 19.9 Å². The minimum Gasteiger partial charge on any atom is -0.464 e. The zero-order valence-electron chi connectivity index (χ0n) is 9.63. The van der Waals surface area contributed by atoms with Crippen molar-refractivity contribution < 1.29 is 8.81 Å². The van der Waals surface area contributed by atoms with Gasteiger partial charge in [0.1, 0.15) is 17.3 Å². The topological polar surface area (TPSA) is 25.2 Å². The Hall–Kier alpha value is -1.04. The normalized spacial score (nSPS) is 12.5. The SMILES string of the molecule is Cc1ccc(C(C)Nc2ccc(F)cc2I)o1. The Balaban J connectivity index is 2.15. The Bertz CT molecular complexity index is 524. The van der Waals surface area contributed by atoms with Crippen molar-refractivity contribution in [1.82, 2.24) is 0 Å². The number of hydrogen-bond acceptors (Lipinski definition) is 2. The van der Waals surface area contributed by atoms with Gasteiger partial charge in [0.25, 0.3) is 0 Å². The third-order valence-corrected chi connectivity index (χ3v) is 3.38. The second kappa shape index (κ2) is 5.08. The van der Waals surface area contributed by atoms with Gasteiger partial charge in [-0.2, -0.15) is 0 Å². The van der Waals surface area contributed by atoms with Crippen molar-refractivity contribution >= 4 is 28.3 Å². The van der Waals surface area contributed by atoms with E-state index in [1.807, 2.05) is 26.0 Å². The number of halogens is 2. The third kappa shape index (κ3) is 3.00. The summed E-state index contributed by atoms with van der Waals surface area (Å²) in [5.74, 6) is 1.55. The number of furan rings is 1. The molecule has 2 aromatic rings. The van der Waals surface area contributed by atoms with E-state index in [1.165, 1.54) is 12.1 Å². The van der Waals surface area contributed by atoms with Crippen LogP contribution in [0.1, 0.15) is 24.5 Å². The number of aryl methyl sites for hydroxylation is 1. The molecule has 0 saturated heterocycles. The van der Waals surface area contributed by atoms with E-state index < -0.39 is 0 Å². The van der Waals surface area contributed by atoms with E-state index in [-0.39, 0.29) is 11.9 Å². The molecule has 0 aliphatic carbocycles. The first kappa shape index (κ1) is 12.4. The van der Waals surface area contributed by atoms with Crippen LogP contribution in [0.2, 0.25) is 0 Å². The highest BCUT2D eigenvalue weighted by molar-refractivity contribution is 14.1. The van der Waals surface area contributed by atoms with Gasteiger partial charge in [0.05, 0.1) is 6.04 Å². The second-order valence-corrected chi connectivity index (χ2v) is 5.10. The Morgan fingerprint density at radius 3 is 2.65 bits per heavy atom. The van der Waals surface area contributed by atoms with E-state index in [0.29, 0.717) is 0 Å². The molecule has 17 heavy (non-hydrogen) atoms. The fraction of sp³-hybridized carbons (Fsp3) is 0.231. The zero-order chi connectivity index (χ0) is 12.4. The summed E-state index contributed by atoms with van der Waals surface area (Å²) in [4.78, 5) is 0. The lowest BCUT2D eigenvalue weighted by molar-refractivity contribution is 0.467. The first-order chi connectivity index (χ1) is 8.06. The standard InChI is InChI=1S/C13H13FINO/c1-8-3-6-13(17-8)9(2)16-12-5-4-10(14)7-11(12)15/h3-7,9,16H,1-2H3. The average molecular weight is 345 g/mol. The molecule has 1 heterocycles. The van der Waals surface area contributed by atoms with Crippen LogP contribution in [0.25, 0.3) is 0 Å². The summed E-state index contributed by atoms with van der Waals surface area (Å²) in [6.45, 7) is 3.93. The van der Waals surface area contributed by atoms with Gasteiger partial charge in [-0.3, -0.25) is 0 Å². The summed E-state index contributed by atoms with van der Waals surface area (Å²) in [7, 11) is 0. The second-order valence-electron chi connectivity index (χ2n) is 3.94. The minimum absolute atomic E-state index is 0.0580. The molecule has 0 saturated carbocycles. The highest BCUT2D eigenvalue weighted by atomic mass is 127. The largest absolute Gasteiger partial charge is 0.464 e. The predicted molar refractivity (Wildman–Crippen MR) is 74.6 cm³/mol. The predicted octanol–water partition coefficient (Wildman–Crippen LogP) is 4.50. The lowest BCUT2D eigenvalue weighted by Crippen LogP contribution is -2.06. The molecule has 0 fully saturated rings. The maximum Gasteiger partial charge on any atom is 0.126 e. The van der Waals surface area contributed by atoms with Gasteiger partial charge >= 0.3 is 0 Å². The fourth-order valence-electron chi connectivity index (χ4n) is 1.60. The molecule has 0 spiro atoms. The Morgan fingerprint density at radius 2 is 2.06 bits per heavy atom. The van der Waals surface area contributed by atoms with Gasteiger partial charge in [0.2, 0.25) is 0 Å². The number of nitrogens with one attached hydrogen (secondary N) is 1. The molecule has 2 rings (SSSR count). The van der Waals surface area contributed by atoms with E-state index in [4.69, 9.17) is 4.42 Å². The quantitative estimate of drug-likeness (QED) is 0.829. The molecule has 1 N–H and O–H groups in total.